The van der Waals surface area contributed by atoms with Crippen molar-refractivity contribution in [1.29, 1.82) is 0 Å². The lowest BCUT2D eigenvalue weighted by Crippen LogP contribution is -2.49. The second kappa shape index (κ2) is 8.73. The molecule has 0 aliphatic carbocycles. The van der Waals surface area contributed by atoms with Gasteiger partial charge in [0.05, 0.1) is 17.2 Å². The van der Waals surface area contributed by atoms with E-state index in [1.54, 1.807) is 12.1 Å². The van der Waals surface area contributed by atoms with Crippen LogP contribution < -0.4 is 0 Å². The van der Waals surface area contributed by atoms with Crippen molar-refractivity contribution in [3.05, 3.63) is 65.6 Å². The molecule has 180 valence electrons. The highest BCUT2D eigenvalue weighted by atomic mass is 19.4. The van der Waals surface area contributed by atoms with Crippen LogP contribution in [0.15, 0.2) is 48.7 Å². The number of piperidine rings is 1. The van der Waals surface area contributed by atoms with Crippen LogP contribution in [0, 0.1) is 5.82 Å². The highest BCUT2D eigenvalue weighted by Gasteiger charge is 2.34. The van der Waals surface area contributed by atoms with Gasteiger partial charge in [0, 0.05) is 43.3 Å². The lowest BCUT2D eigenvalue weighted by molar-refractivity contribution is -0.137. The first-order valence-electron chi connectivity index (χ1n) is 11.7. The minimum Gasteiger partial charge on any atom is -0.327 e. The number of carbonyl (C=O) groups excluding carboxylic acids is 1. The molecule has 3 aromatic rings. The second-order valence-electron chi connectivity index (χ2n) is 9.29. The van der Waals surface area contributed by atoms with Crippen LogP contribution in [0.3, 0.4) is 0 Å². The molecule has 5 rings (SSSR count). The van der Waals surface area contributed by atoms with E-state index < -0.39 is 11.7 Å². The first-order valence-corrected chi connectivity index (χ1v) is 11.7. The topological polar surface area (TPSA) is 28.5 Å². The Bertz CT molecular complexity index is 1190. The lowest BCUT2D eigenvalue weighted by atomic mass is 9.88. The average Bonchev–Trinajstić information content (AvgIpc) is 3.42. The van der Waals surface area contributed by atoms with Gasteiger partial charge in [0.15, 0.2) is 0 Å². The summed E-state index contributed by atoms with van der Waals surface area (Å²) in [4.78, 5) is 16.4. The van der Waals surface area contributed by atoms with E-state index in [0.29, 0.717) is 23.0 Å². The third-order valence-corrected chi connectivity index (χ3v) is 7.33. The maximum Gasteiger partial charge on any atom is 0.416 e. The fraction of sp³-hybridized carbons (Fsp3) is 0.423. The van der Waals surface area contributed by atoms with Crippen molar-refractivity contribution < 1.29 is 22.4 Å². The van der Waals surface area contributed by atoms with Crippen LogP contribution in [0.25, 0.3) is 16.6 Å². The molecule has 2 aliphatic heterocycles. The Kier molecular flexibility index (Phi) is 5.88. The van der Waals surface area contributed by atoms with Crippen LogP contribution in [-0.4, -0.2) is 46.1 Å². The van der Waals surface area contributed by atoms with Crippen molar-refractivity contribution in [2.24, 2.45) is 0 Å². The van der Waals surface area contributed by atoms with Crippen molar-refractivity contribution in [1.82, 2.24) is 14.4 Å². The van der Waals surface area contributed by atoms with Gasteiger partial charge in [-0.2, -0.15) is 13.2 Å². The number of hydrogen-bond acceptors (Lipinski definition) is 2. The molecule has 0 radical (unpaired) electrons. The summed E-state index contributed by atoms with van der Waals surface area (Å²) in [6, 6.07) is 9.81. The molecule has 0 N–H and O–H groups in total. The monoisotopic (exact) mass is 473 g/mol. The first-order chi connectivity index (χ1) is 16.2. The smallest absolute Gasteiger partial charge is 0.327 e. The summed E-state index contributed by atoms with van der Waals surface area (Å²) in [5.74, 6) is -0.0696. The zero-order valence-electron chi connectivity index (χ0n) is 19.0. The van der Waals surface area contributed by atoms with E-state index in [-0.39, 0.29) is 23.8 Å². The van der Waals surface area contributed by atoms with Crippen LogP contribution in [0.2, 0.25) is 0 Å². The van der Waals surface area contributed by atoms with Crippen LogP contribution in [0.4, 0.5) is 17.6 Å². The van der Waals surface area contributed by atoms with Gasteiger partial charge in [-0.05, 0) is 80.1 Å². The third-order valence-electron chi connectivity index (χ3n) is 7.33. The highest BCUT2D eigenvalue weighted by molar-refractivity contribution is 5.87. The normalized spacial score (nSPS) is 19.3. The second-order valence-corrected chi connectivity index (χ2v) is 9.29. The summed E-state index contributed by atoms with van der Waals surface area (Å²) in [5.41, 5.74) is 1.59. The predicted octanol–water partition coefficient (Wildman–Crippen LogP) is 5.94. The van der Waals surface area contributed by atoms with Gasteiger partial charge >= 0.3 is 6.18 Å². The lowest BCUT2D eigenvalue weighted by Gasteiger charge is -2.40. The van der Waals surface area contributed by atoms with Gasteiger partial charge in [-0.3, -0.25) is 9.69 Å². The van der Waals surface area contributed by atoms with E-state index >= 15 is 0 Å². The van der Waals surface area contributed by atoms with Gasteiger partial charge in [0.1, 0.15) is 5.82 Å². The standard InChI is InChI=1S/C26H27F4N3O/c1-17(32-12-2-3-25(32)34)31-13-10-18(11-14-31)23-16-33(21-7-5-20(27)6-8-21)24-9-4-19(15-22(23)24)26(28,29)30/h4-9,15-18H,2-3,10-14H2,1H3. The number of rotatable bonds is 4. The van der Waals surface area contributed by atoms with E-state index in [1.165, 1.54) is 24.3 Å². The molecule has 2 saturated heterocycles. The number of benzene rings is 2. The zero-order valence-corrected chi connectivity index (χ0v) is 19.0. The number of nitrogens with zero attached hydrogens (tertiary/aromatic N) is 3. The Balaban J connectivity index is 1.46. The van der Waals surface area contributed by atoms with Gasteiger partial charge in [-0.1, -0.05) is 0 Å². The third kappa shape index (κ3) is 4.19. The molecule has 2 fully saturated rings. The van der Waals surface area contributed by atoms with Gasteiger partial charge in [-0.15, -0.1) is 0 Å². The van der Waals surface area contributed by atoms with Crippen molar-refractivity contribution in [3.63, 3.8) is 0 Å². The number of aromatic nitrogens is 1. The number of alkyl halides is 3. The summed E-state index contributed by atoms with van der Waals surface area (Å²) >= 11 is 0. The van der Waals surface area contributed by atoms with Crippen LogP contribution in [0.5, 0.6) is 0 Å². The van der Waals surface area contributed by atoms with Gasteiger partial charge in [0.2, 0.25) is 5.91 Å². The van der Waals surface area contributed by atoms with Gasteiger partial charge in [0.25, 0.3) is 0 Å². The molecule has 34 heavy (non-hydrogen) atoms. The van der Waals surface area contributed by atoms with E-state index in [4.69, 9.17) is 0 Å². The summed E-state index contributed by atoms with van der Waals surface area (Å²) in [6.07, 6.45) is 0.607. The molecular weight excluding hydrogens is 446 g/mol. The minimum absolute atomic E-state index is 0.0355. The van der Waals surface area contributed by atoms with Crippen molar-refractivity contribution in [2.75, 3.05) is 19.6 Å². The summed E-state index contributed by atoms with van der Waals surface area (Å²) in [5, 5.41) is 0.584. The summed E-state index contributed by atoms with van der Waals surface area (Å²) < 4.78 is 55.8. The number of amides is 1. The molecule has 2 aliphatic rings. The first kappa shape index (κ1) is 22.9. The molecule has 2 aromatic carbocycles. The molecule has 0 saturated carbocycles. The van der Waals surface area contributed by atoms with E-state index in [0.717, 1.165) is 50.5 Å². The Morgan fingerprint density at radius 1 is 1.00 bits per heavy atom. The van der Waals surface area contributed by atoms with Gasteiger partial charge in [-0.25, -0.2) is 4.39 Å². The number of carbonyl (C=O) groups is 1. The maximum atomic E-state index is 13.5. The Morgan fingerprint density at radius 2 is 1.71 bits per heavy atom. The largest absolute Gasteiger partial charge is 0.416 e. The molecule has 1 unspecified atom stereocenters. The molecule has 1 atom stereocenters. The Morgan fingerprint density at radius 3 is 2.32 bits per heavy atom. The Labute approximate surface area is 195 Å². The van der Waals surface area contributed by atoms with Gasteiger partial charge < -0.3 is 9.47 Å². The summed E-state index contributed by atoms with van der Waals surface area (Å²) in [7, 11) is 0. The van der Waals surface area contributed by atoms with E-state index in [1.807, 2.05) is 15.7 Å². The molecular formula is C26H27F4N3O. The van der Waals surface area contributed by atoms with E-state index in [9.17, 15) is 22.4 Å². The van der Waals surface area contributed by atoms with Crippen molar-refractivity contribution in [3.8, 4) is 5.69 Å². The molecule has 0 bridgehead atoms. The highest BCUT2D eigenvalue weighted by Crippen LogP contribution is 2.39. The maximum absolute atomic E-state index is 13.5. The minimum atomic E-state index is -4.43. The molecule has 1 aromatic heterocycles. The molecule has 8 heteroatoms. The number of hydrogen-bond donors (Lipinski definition) is 0. The predicted molar refractivity (Wildman–Crippen MR) is 122 cm³/mol. The molecule has 4 nitrogen and oxygen atoms in total. The zero-order chi connectivity index (χ0) is 24.0. The summed E-state index contributed by atoms with van der Waals surface area (Å²) in [6.45, 7) is 4.39. The fourth-order valence-corrected chi connectivity index (χ4v) is 5.42. The Hall–Kier alpha value is -2.87. The molecule has 0 spiro atoms. The average molecular weight is 474 g/mol. The SMILES string of the molecule is CC(N1CCC(c2cn(-c3ccc(F)cc3)c3ccc(C(F)(F)F)cc23)CC1)N1CCCC1=O. The number of fused-ring (bicyclic) bond motifs is 1. The van der Waals surface area contributed by atoms with Crippen LogP contribution in [0.1, 0.15) is 49.7 Å². The molecule has 1 amide bonds. The van der Waals surface area contributed by atoms with Crippen LogP contribution in [-0.2, 0) is 11.0 Å². The quantitative estimate of drug-likeness (QED) is 0.439. The fourth-order valence-electron chi connectivity index (χ4n) is 5.42. The van der Waals surface area contributed by atoms with E-state index in [2.05, 4.69) is 11.8 Å². The van der Waals surface area contributed by atoms with Crippen molar-refractivity contribution in [2.45, 2.75) is 50.9 Å². The van der Waals surface area contributed by atoms with Crippen LogP contribution >= 0.6 is 0 Å². The van der Waals surface area contributed by atoms with Crippen molar-refractivity contribution >= 4 is 16.8 Å². The number of likely N-dealkylation sites (tertiary alicyclic amines) is 2. The molecule has 3 heterocycles. The number of halogens is 4.